The normalized spacial score (nSPS) is 19.1. The summed E-state index contributed by atoms with van der Waals surface area (Å²) in [5.41, 5.74) is 0.699. The molecule has 2 N–H and O–H groups in total. The largest absolute Gasteiger partial charge is 0.407 e. The van der Waals surface area contributed by atoms with Gasteiger partial charge in [0, 0.05) is 19.1 Å². The van der Waals surface area contributed by atoms with E-state index in [2.05, 4.69) is 23.8 Å². The number of alkyl halides is 3. The minimum atomic E-state index is -4.33. The summed E-state index contributed by atoms with van der Waals surface area (Å²) in [6, 6.07) is -1.83. The average molecular weight is 246 g/mol. The van der Waals surface area contributed by atoms with Gasteiger partial charge >= 0.3 is 6.18 Å². The second-order valence-electron chi connectivity index (χ2n) is 4.25. The highest BCUT2D eigenvalue weighted by molar-refractivity contribution is 5.28. The number of allylic oxidation sites excluding steroid dienone is 2. The fourth-order valence-corrected chi connectivity index (χ4v) is 1.40. The van der Waals surface area contributed by atoms with Crippen LogP contribution in [0.15, 0.2) is 36.5 Å². The Bertz CT molecular complexity index is 327. The monoisotopic (exact) mass is 246 g/mol. The maximum absolute atomic E-state index is 12.8. The first-order chi connectivity index (χ1) is 7.80. The van der Waals surface area contributed by atoms with Crippen LogP contribution in [-0.4, -0.2) is 31.3 Å². The number of hydrogen-bond acceptors (Lipinski definition) is 2. The van der Waals surface area contributed by atoms with Crippen molar-refractivity contribution in [1.82, 2.24) is 10.6 Å². The summed E-state index contributed by atoms with van der Waals surface area (Å²) in [5.74, 6) is 0. The van der Waals surface area contributed by atoms with Crippen LogP contribution in [-0.2, 0) is 0 Å². The van der Waals surface area contributed by atoms with E-state index in [9.17, 15) is 13.2 Å². The van der Waals surface area contributed by atoms with Crippen LogP contribution >= 0.6 is 0 Å². The maximum atomic E-state index is 12.8. The van der Waals surface area contributed by atoms with E-state index in [4.69, 9.17) is 0 Å². The van der Waals surface area contributed by atoms with Crippen LogP contribution in [0, 0.1) is 0 Å². The van der Waals surface area contributed by atoms with Gasteiger partial charge in [0.2, 0.25) is 0 Å². The third-order valence-corrected chi connectivity index (χ3v) is 2.46. The van der Waals surface area contributed by atoms with E-state index in [0.29, 0.717) is 18.7 Å². The van der Waals surface area contributed by atoms with Gasteiger partial charge in [0.15, 0.2) is 0 Å². The Morgan fingerprint density at radius 3 is 2.29 bits per heavy atom. The molecule has 1 atom stereocenters. The van der Waals surface area contributed by atoms with Gasteiger partial charge in [-0.2, -0.15) is 13.2 Å². The van der Waals surface area contributed by atoms with Gasteiger partial charge in [-0.3, -0.25) is 5.32 Å². The van der Waals surface area contributed by atoms with Crippen LogP contribution in [0.3, 0.4) is 0 Å². The molecule has 0 aromatic rings. The second kappa shape index (κ2) is 5.51. The molecule has 0 amide bonds. The summed E-state index contributed by atoms with van der Waals surface area (Å²) < 4.78 is 38.4. The van der Waals surface area contributed by atoms with Gasteiger partial charge in [0.1, 0.15) is 6.04 Å². The Balaban J connectivity index is 2.67. The van der Waals surface area contributed by atoms with Crippen LogP contribution in [0.4, 0.5) is 13.2 Å². The number of rotatable bonds is 5. The van der Waals surface area contributed by atoms with Crippen LogP contribution in [0.5, 0.6) is 0 Å². The molecule has 0 bridgehead atoms. The fourth-order valence-electron chi connectivity index (χ4n) is 1.40. The van der Waals surface area contributed by atoms with Gasteiger partial charge in [0.25, 0.3) is 0 Å². The molecule has 1 aliphatic heterocycles. The van der Waals surface area contributed by atoms with Gasteiger partial charge in [-0.05, 0) is 12.5 Å². The zero-order valence-electron chi connectivity index (χ0n) is 9.77. The van der Waals surface area contributed by atoms with E-state index in [1.54, 1.807) is 6.92 Å². The lowest BCUT2D eigenvalue weighted by Gasteiger charge is -2.33. The molecule has 1 saturated heterocycles. The van der Waals surface area contributed by atoms with Crippen LogP contribution < -0.4 is 10.6 Å². The van der Waals surface area contributed by atoms with Crippen molar-refractivity contribution in [3.8, 4) is 0 Å². The first kappa shape index (κ1) is 14.0. The average Bonchev–Trinajstić information content (AvgIpc) is 2.10. The third-order valence-electron chi connectivity index (χ3n) is 2.46. The van der Waals surface area contributed by atoms with Crippen molar-refractivity contribution in [2.45, 2.75) is 25.2 Å². The molecule has 2 nitrogen and oxygen atoms in total. The zero-order valence-corrected chi connectivity index (χ0v) is 9.77. The van der Waals surface area contributed by atoms with Crippen molar-refractivity contribution in [2.24, 2.45) is 0 Å². The highest BCUT2D eigenvalue weighted by Crippen LogP contribution is 2.26. The van der Waals surface area contributed by atoms with Gasteiger partial charge in [-0.1, -0.05) is 30.9 Å². The molecular weight excluding hydrogens is 229 g/mol. The lowest BCUT2D eigenvalue weighted by Crippen LogP contribution is -2.61. The summed E-state index contributed by atoms with van der Waals surface area (Å²) in [6.45, 7) is 9.91. The topological polar surface area (TPSA) is 24.1 Å². The Kier molecular flexibility index (Phi) is 4.54. The van der Waals surface area contributed by atoms with Crippen molar-refractivity contribution >= 4 is 0 Å². The molecule has 1 heterocycles. The van der Waals surface area contributed by atoms with Crippen LogP contribution in [0.1, 0.15) is 6.92 Å². The highest BCUT2D eigenvalue weighted by Gasteiger charge is 2.42. The van der Waals surface area contributed by atoms with Crippen LogP contribution in [0.2, 0.25) is 0 Å². The summed E-state index contributed by atoms with van der Waals surface area (Å²) in [6.07, 6.45) is -1.44. The Morgan fingerprint density at radius 1 is 1.35 bits per heavy atom. The van der Waals surface area contributed by atoms with Crippen molar-refractivity contribution in [3.05, 3.63) is 36.5 Å². The smallest absolute Gasteiger partial charge is 0.314 e. The molecular formula is C12H17F3N2. The molecule has 0 aliphatic carbocycles. The number of hydrogen-bond donors (Lipinski definition) is 2. The van der Waals surface area contributed by atoms with Crippen LogP contribution in [0.25, 0.3) is 0 Å². The van der Waals surface area contributed by atoms with Gasteiger partial charge < -0.3 is 5.32 Å². The van der Waals surface area contributed by atoms with E-state index in [1.165, 1.54) is 12.2 Å². The first-order valence-electron chi connectivity index (χ1n) is 5.36. The summed E-state index contributed by atoms with van der Waals surface area (Å²) in [5, 5.41) is 5.46. The van der Waals surface area contributed by atoms with E-state index < -0.39 is 12.2 Å². The summed E-state index contributed by atoms with van der Waals surface area (Å²) in [4.78, 5) is 0. The van der Waals surface area contributed by atoms with E-state index in [-0.39, 0.29) is 11.6 Å². The lowest BCUT2D eigenvalue weighted by molar-refractivity contribution is -0.148. The molecule has 0 spiro atoms. The van der Waals surface area contributed by atoms with Crippen molar-refractivity contribution in [1.29, 1.82) is 0 Å². The predicted octanol–water partition coefficient (Wildman–Crippen LogP) is 2.17. The summed E-state index contributed by atoms with van der Waals surface area (Å²) in [7, 11) is 0. The molecule has 0 radical (unpaired) electrons. The van der Waals surface area contributed by atoms with Crippen molar-refractivity contribution in [3.63, 3.8) is 0 Å². The molecule has 5 heteroatoms. The molecule has 17 heavy (non-hydrogen) atoms. The number of halogens is 3. The Morgan fingerprint density at radius 2 is 1.94 bits per heavy atom. The number of nitrogens with one attached hydrogen (secondary N) is 2. The standard InChI is InChI=1S/C12H17F3N2/c1-8(2)4-5-9(3)11(12(13,14)15)17-10-6-16-7-10/h4-5,10-11,16-17H,1,3,6-7H2,2H3/b5-4-. The Hall–Kier alpha value is -1.07. The minimum absolute atomic E-state index is 0.00685. The zero-order chi connectivity index (χ0) is 13.1. The molecule has 1 rings (SSSR count). The molecule has 0 aromatic carbocycles. The minimum Gasteiger partial charge on any atom is -0.314 e. The van der Waals surface area contributed by atoms with Crippen molar-refractivity contribution < 1.29 is 13.2 Å². The molecule has 1 aliphatic rings. The lowest BCUT2D eigenvalue weighted by atomic mass is 10.0. The summed E-state index contributed by atoms with van der Waals surface area (Å²) >= 11 is 0. The SMILES string of the molecule is C=C(C)/C=C\C(=C)C(NC1CNC1)C(F)(F)F. The van der Waals surface area contributed by atoms with Gasteiger partial charge in [-0.15, -0.1) is 0 Å². The first-order valence-corrected chi connectivity index (χ1v) is 5.36. The maximum Gasteiger partial charge on any atom is 0.407 e. The molecule has 0 saturated carbocycles. The highest BCUT2D eigenvalue weighted by atomic mass is 19.4. The second-order valence-corrected chi connectivity index (χ2v) is 4.25. The van der Waals surface area contributed by atoms with E-state index in [0.717, 1.165) is 0 Å². The predicted molar refractivity (Wildman–Crippen MR) is 62.7 cm³/mol. The van der Waals surface area contributed by atoms with Crippen molar-refractivity contribution in [2.75, 3.05) is 13.1 Å². The Labute approximate surface area is 99.3 Å². The van der Waals surface area contributed by atoms with E-state index in [1.807, 2.05) is 0 Å². The molecule has 1 unspecified atom stereocenters. The third kappa shape index (κ3) is 4.36. The van der Waals surface area contributed by atoms with Gasteiger partial charge in [-0.25, -0.2) is 0 Å². The molecule has 0 aromatic heterocycles. The quantitative estimate of drug-likeness (QED) is 0.726. The molecule has 1 fully saturated rings. The fraction of sp³-hybridized carbons (Fsp3) is 0.500. The molecule has 96 valence electrons. The van der Waals surface area contributed by atoms with E-state index >= 15 is 0 Å². The van der Waals surface area contributed by atoms with Gasteiger partial charge in [0.05, 0.1) is 0 Å².